The van der Waals surface area contributed by atoms with E-state index in [4.69, 9.17) is 16.3 Å². The van der Waals surface area contributed by atoms with Gasteiger partial charge in [0.05, 0.1) is 18.8 Å². The molecule has 4 nitrogen and oxygen atoms in total. The second kappa shape index (κ2) is 4.78. The molecule has 1 saturated heterocycles. The number of methoxy groups -OCH3 is 1. The smallest absolute Gasteiger partial charge is 0.155 e. The SMILES string of the molecule is COc1ccc2c(Cl)nc(CC3CCCN3)n2c1. The molecular formula is C13H16ClN3O. The van der Waals surface area contributed by atoms with Crippen LogP contribution >= 0.6 is 11.6 Å². The molecule has 1 atom stereocenters. The van der Waals surface area contributed by atoms with Gasteiger partial charge in [-0.25, -0.2) is 4.98 Å². The van der Waals surface area contributed by atoms with Gasteiger partial charge in [-0.05, 0) is 31.5 Å². The zero-order valence-corrected chi connectivity index (χ0v) is 11.1. The van der Waals surface area contributed by atoms with Crippen molar-refractivity contribution in [1.82, 2.24) is 14.7 Å². The first-order chi connectivity index (χ1) is 8.78. The van der Waals surface area contributed by atoms with Crippen LogP contribution in [0.25, 0.3) is 5.52 Å². The van der Waals surface area contributed by atoms with Crippen LogP contribution in [0.3, 0.4) is 0 Å². The van der Waals surface area contributed by atoms with Crippen molar-refractivity contribution in [2.24, 2.45) is 0 Å². The monoisotopic (exact) mass is 265 g/mol. The molecule has 0 radical (unpaired) electrons. The maximum atomic E-state index is 6.17. The topological polar surface area (TPSA) is 38.6 Å². The van der Waals surface area contributed by atoms with Gasteiger partial charge in [-0.2, -0.15) is 0 Å². The lowest BCUT2D eigenvalue weighted by atomic mass is 10.1. The number of rotatable bonds is 3. The van der Waals surface area contributed by atoms with Gasteiger partial charge in [0.1, 0.15) is 11.6 Å². The highest BCUT2D eigenvalue weighted by molar-refractivity contribution is 6.32. The number of aromatic nitrogens is 2. The number of imidazole rings is 1. The molecule has 1 aliphatic heterocycles. The largest absolute Gasteiger partial charge is 0.495 e. The summed E-state index contributed by atoms with van der Waals surface area (Å²) in [6.45, 7) is 1.10. The Morgan fingerprint density at radius 1 is 1.56 bits per heavy atom. The van der Waals surface area contributed by atoms with Crippen molar-refractivity contribution in [3.63, 3.8) is 0 Å². The number of hydrogen-bond acceptors (Lipinski definition) is 3. The predicted octanol–water partition coefficient (Wildman–Crippen LogP) is 2.29. The molecule has 0 aliphatic carbocycles. The second-order valence-electron chi connectivity index (χ2n) is 4.64. The predicted molar refractivity (Wildman–Crippen MR) is 71.5 cm³/mol. The van der Waals surface area contributed by atoms with Gasteiger partial charge < -0.3 is 10.1 Å². The van der Waals surface area contributed by atoms with E-state index in [9.17, 15) is 0 Å². The molecule has 0 aromatic carbocycles. The van der Waals surface area contributed by atoms with Gasteiger partial charge in [0.25, 0.3) is 0 Å². The average Bonchev–Trinajstić information content (AvgIpc) is 2.99. The van der Waals surface area contributed by atoms with Gasteiger partial charge in [-0.3, -0.25) is 4.40 Å². The maximum absolute atomic E-state index is 6.17. The standard InChI is InChI=1S/C13H16ClN3O/c1-18-10-4-5-11-13(14)16-12(17(11)8-10)7-9-3-2-6-15-9/h4-5,8-9,15H,2-3,6-7H2,1H3. The Kier molecular flexibility index (Phi) is 3.14. The minimum atomic E-state index is 0.512. The molecule has 5 heteroatoms. The van der Waals surface area contributed by atoms with E-state index in [0.717, 1.165) is 30.1 Å². The summed E-state index contributed by atoms with van der Waals surface area (Å²) < 4.78 is 7.28. The molecule has 0 saturated carbocycles. The molecule has 0 spiro atoms. The third-order valence-corrected chi connectivity index (χ3v) is 3.74. The normalized spacial score (nSPS) is 19.6. The summed E-state index contributed by atoms with van der Waals surface area (Å²) >= 11 is 6.17. The van der Waals surface area contributed by atoms with Crippen molar-refractivity contribution in [2.75, 3.05) is 13.7 Å². The number of hydrogen-bond donors (Lipinski definition) is 1. The zero-order chi connectivity index (χ0) is 12.5. The fraction of sp³-hybridized carbons (Fsp3) is 0.462. The van der Waals surface area contributed by atoms with E-state index in [1.807, 2.05) is 22.7 Å². The van der Waals surface area contributed by atoms with Crippen molar-refractivity contribution < 1.29 is 4.74 Å². The van der Waals surface area contributed by atoms with Crippen LogP contribution in [-0.2, 0) is 6.42 Å². The van der Waals surface area contributed by atoms with Crippen molar-refractivity contribution in [3.05, 3.63) is 29.3 Å². The Bertz CT molecular complexity index is 561. The van der Waals surface area contributed by atoms with E-state index < -0.39 is 0 Å². The van der Waals surface area contributed by atoms with Crippen LogP contribution in [-0.4, -0.2) is 29.1 Å². The van der Waals surface area contributed by atoms with E-state index >= 15 is 0 Å². The van der Waals surface area contributed by atoms with Crippen LogP contribution in [0, 0.1) is 0 Å². The van der Waals surface area contributed by atoms with Crippen LogP contribution in [0.5, 0.6) is 5.75 Å². The summed E-state index contributed by atoms with van der Waals surface area (Å²) in [5, 5.41) is 4.04. The van der Waals surface area contributed by atoms with E-state index in [2.05, 4.69) is 10.3 Å². The molecule has 1 aliphatic rings. The second-order valence-corrected chi connectivity index (χ2v) is 5.00. The highest BCUT2D eigenvalue weighted by Gasteiger charge is 2.18. The fourth-order valence-corrected chi connectivity index (χ4v) is 2.76. The van der Waals surface area contributed by atoms with Crippen molar-refractivity contribution in [2.45, 2.75) is 25.3 Å². The first-order valence-electron chi connectivity index (χ1n) is 6.22. The van der Waals surface area contributed by atoms with Gasteiger partial charge >= 0.3 is 0 Å². The Hall–Kier alpha value is -1.26. The van der Waals surface area contributed by atoms with Crippen molar-refractivity contribution >= 4 is 17.1 Å². The maximum Gasteiger partial charge on any atom is 0.155 e. The molecule has 18 heavy (non-hydrogen) atoms. The molecule has 1 N–H and O–H groups in total. The lowest BCUT2D eigenvalue weighted by Gasteiger charge is -2.09. The van der Waals surface area contributed by atoms with Gasteiger partial charge in [-0.15, -0.1) is 0 Å². The van der Waals surface area contributed by atoms with Crippen LogP contribution in [0.1, 0.15) is 18.7 Å². The number of nitrogens with zero attached hydrogens (tertiary/aromatic N) is 2. The molecule has 1 fully saturated rings. The first-order valence-corrected chi connectivity index (χ1v) is 6.59. The fourth-order valence-electron chi connectivity index (χ4n) is 2.50. The molecule has 0 amide bonds. The molecule has 96 valence electrons. The van der Waals surface area contributed by atoms with Crippen LogP contribution < -0.4 is 10.1 Å². The van der Waals surface area contributed by atoms with Gasteiger partial charge in [0.15, 0.2) is 5.15 Å². The van der Waals surface area contributed by atoms with E-state index in [1.54, 1.807) is 7.11 Å². The summed E-state index contributed by atoms with van der Waals surface area (Å²) in [7, 11) is 1.66. The molecule has 2 aromatic rings. The lowest BCUT2D eigenvalue weighted by Crippen LogP contribution is -2.24. The average molecular weight is 266 g/mol. The number of halogens is 1. The van der Waals surface area contributed by atoms with Crippen LogP contribution in [0.4, 0.5) is 0 Å². The van der Waals surface area contributed by atoms with Crippen LogP contribution in [0.15, 0.2) is 18.3 Å². The highest BCUT2D eigenvalue weighted by Crippen LogP contribution is 2.23. The third kappa shape index (κ3) is 2.06. The van der Waals surface area contributed by atoms with E-state index in [1.165, 1.54) is 12.8 Å². The first kappa shape index (κ1) is 11.8. The Morgan fingerprint density at radius 3 is 3.17 bits per heavy atom. The quantitative estimate of drug-likeness (QED) is 0.925. The van der Waals surface area contributed by atoms with Gasteiger partial charge in [0, 0.05) is 12.5 Å². The summed E-state index contributed by atoms with van der Waals surface area (Å²) in [5.74, 6) is 1.81. The minimum Gasteiger partial charge on any atom is -0.495 e. The summed E-state index contributed by atoms with van der Waals surface area (Å²) in [6.07, 6.45) is 5.29. The Morgan fingerprint density at radius 2 is 2.44 bits per heavy atom. The Balaban J connectivity index is 1.99. The third-order valence-electron chi connectivity index (χ3n) is 3.47. The van der Waals surface area contributed by atoms with Crippen LogP contribution in [0.2, 0.25) is 5.15 Å². The summed E-state index contributed by atoms with van der Waals surface area (Å²) in [5.41, 5.74) is 0.936. The number of nitrogens with one attached hydrogen (secondary N) is 1. The van der Waals surface area contributed by atoms with E-state index in [-0.39, 0.29) is 0 Å². The lowest BCUT2D eigenvalue weighted by molar-refractivity contribution is 0.412. The van der Waals surface area contributed by atoms with Crippen molar-refractivity contribution in [3.8, 4) is 5.75 Å². The summed E-state index contributed by atoms with van der Waals surface area (Å²) in [4.78, 5) is 4.46. The molecule has 3 rings (SSSR count). The van der Waals surface area contributed by atoms with Gasteiger partial charge in [0.2, 0.25) is 0 Å². The molecule has 2 aromatic heterocycles. The molecular weight excluding hydrogens is 250 g/mol. The van der Waals surface area contributed by atoms with E-state index in [0.29, 0.717) is 11.2 Å². The zero-order valence-electron chi connectivity index (χ0n) is 10.3. The minimum absolute atomic E-state index is 0.512. The van der Waals surface area contributed by atoms with Gasteiger partial charge in [-0.1, -0.05) is 11.6 Å². The Labute approximate surface area is 111 Å². The highest BCUT2D eigenvalue weighted by atomic mass is 35.5. The van der Waals surface area contributed by atoms with Crippen molar-refractivity contribution in [1.29, 1.82) is 0 Å². The molecule has 3 heterocycles. The molecule has 1 unspecified atom stereocenters. The number of pyridine rings is 1. The number of fused-ring (bicyclic) bond motifs is 1. The number of ether oxygens (including phenoxy) is 1. The molecule has 0 bridgehead atoms. The summed E-state index contributed by atoms with van der Waals surface area (Å²) in [6, 6.07) is 4.36.